The highest BCUT2D eigenvalue weighted by Gasteiger charge is 2.27. The van der Waals surface area contributed by atoms with Gasteiger partial charge in [-0.25, -0.2) is 18.4 Å². The van der Waals surface area contributed by atoms with Crippen LogP contribution >= 0.6 is 0 Å². The Balaban J connectivity index is 1.25. The van der Waals surface area contributed by atoms with Crippen LogP contribution in [0.4, 0.5) is 5.82 Å². The Labute approximate surface area is 177 Å². The first-order chi connectivity index (χ1) is 14.6. The van der Waals surface area contributed by atoms with Crippen LogP contribution in [-0.2, 0) is 10.0 Å². The molecule has 0 atom stereocenters. The van der Waals surface area contributed by atoms with Crippen molar-refractivity contribution in [3.63, 3.8) is 0 Å². The predicted molar refractivity (Wildman–Crippen MR) is 117 cm³/mol. The Morgan fingerprint density at radius 1 is 0.933 bits per heavy atom. The molecular weight excluding hydrogens is 398 g/mol. The Kier molecular flexibility index (Phi) is 5.20. The molecule has 2 fully saturated rings. The van der Waals surface area contributed by atoms with E-state index in [4.69, 9.17) is 4.98 Å². The zero-order chi connectivity index (χ0) is 20.6. The van der Waals surface area contributed by atoms with Crippen LogP contribution in [0, 0.1) is 0 Å². The maximum absolute atomic E-state index is 12.8. The second-order valence-corrected chi connectivity index (χ2v) is 10.2. The molecule has 158 valence electrons. The van der Waals surface area contributed by atoms with Crippen molar-refractivity contribution >= 4 is 26.9 Å². The number of sulfonamides is 1. The molecule has 2 aliphatic heterocycles. The Hall–Kier alpha value is -2.45. The lowest BCUT2D eigenvalue weighted by molar-refractivity contribution is 0.346. The fourth-order valence-electron chi connectivity index (χ4n) is 4.51. The minimum atomic E-state index is -3.43. The summed E-state index contributed by atoms with van der Waals surface area (Å²) >= 11 is 0. The van der Waals surface area contributed by atoms with E-state index in [-0.39, 0.29) is 0 Å². The van der Waals surface area contributed by atoms with E-state index in [9.17, 15) is 8.42 Å². The fraction of sp³-hybridized carbons (Fsp3) is 0.455. The molecule has 3 aromatic rings. The number of piperidine rings is 2. The van der Waals surface area contributed by atoms with E-state index in [1.54, 1.807) is 10.4 Å². The van der Waals surface area contributed by atoms with Gasteiger partial charge in [-0.15, -0.1) is 0 Å². The largest absolute Gasteiger partial charge is 0.357 e. The summed E-state index contributed by atoms with van der Waals surface area (Å²) in [5, 5.41) is 0. The number of imidazole rings is 1. The molecule has 2 aromatic heterocycles. The summed E-state index contributed by atoms with van der Waals surface area (Å²) in [7, 11) is -3.43. The van der Waals surface area contributed by atoms with Crippen molar-refractivity contribution in [2.45, 2.75) is 42.9 Å². The van der Waals surface area contributed by atoms with Crippen LogP contribution in [0.25, 0.3) is 11.0 Å². The van der Waals surface area contributed by atoms with Gasteiger partial charge in [0, 0.05) is 38.3 Å². The lowest BCUT2D eigenvalue weighted by Crippen LogP contribution is -2.36. The topological polar surface area (TPSA) is 82.2 Å². The van der Waals surface area contributed by atoms with Crippen LogP contribution in [-0.4, -0.2) is 53.9 Å². The molecule has 8 heteroatoms. The van der Waals surface area contributed by atoms with Crippen molar-refractivity contribution in [1.82, 2.24) is 19.3 Å². The molecule has 0 saturated carbocycles. The monoisotopic (exact) mass is 425 g/mol. The Morgan fingerprint density at radius 3 is 2.40 bits per heavy atom. The molecule has 4 heterocycles. The summed E-state index contributed by atoms with van der Waals surface area (Å²) < 4.78 is 27.2. The van der Waals surface area contributed by atoms with E-state index in [0.717, 1.165) is 67.9 Å². The normalized spacial score (nSPS) is 19.4. The molecule has 0 aliphatic carbocycles. The van der Waals surface area contributed by atoms with Crippen molar-refractivity contribution in [2.24, 2.45) is 0 Å². The minimum Gasteiger partial charge on any atom is -0.357 e. The molecule has 2 saturated heterocycles. The number of pyridine rings is 1. The maximum atomic E-state index is 12.8. The number of nitrogens with one attached hydrogen (secondary N) is 1. The van der Waals surface area contributed by atoms with Gasteiger partial charge in [-0.2, -0.15) is 4.31 Å². The number of rotatable bonds is 4. The number of benzene rings is 1. The summed E-state index contributed by atoms with van der Waals surface area (Å²) in [6.07, 6.45) is 6.48. The first kappa shape index (κ1) is 19.5. The molecule has 7 nitrogen and oxygen atoms in total. The van der Waals surface area contributed by atoms with E-state index in [1.807, 2.05) is 24.3 Å². The van der Waals surface area contributed by atoms with Gasteiger partial charge in [-0.05, 0) is 49.9 Å². The molecule has 1 N–H and O–H groups in total. The average molecular weight is 426 g/mol. The molecule has 1 aromatic carbocycles. The maximum Gasteiger partial charge on any atom is 0.244 e. The number of nitrogens with zero attached hydrogens (tertiary/aromatic N) is 4. The van der Waals surface area contributed by atoms with Gasteiger partial charge >= 0.3 is 0 Å². The molecule has 5 rings (SSSR count). The van der Waals surface area contributed by atoms with E-state index in [2.05, 4.69) is 20.9 Å². The Morgan fingerprint density at radius 2 is 1.70 bits per heavy atom. The van der Waals surface area contributed by atoms with Gasteiger partial charge in [0.25, 0.3) is 0 Å². The number of hydrogen-bond acceptors (Lipinski definition) is 5. The van der Waals surface area contributed by atoms with Crippen molar-refractivity contribution in [2.75, 3.05) is 31.1 Å². The van der Waals surface area contributed by atoms with Crippen LogP contribution in [0.3, 0.4) is 0 Å². The third-order valence-electron chi connectivity index (χ3n) is 6.29. The number of fused-ring (bicyclic) bond motifs is 1. The molecule has 30 heavy (non-hydrogen) atoms. The van der Waals surface area contributed by atoms with Crippen molar-refractivity contribution in [1.29, 1.82) is 0 Å². The summed E-state index contributed by atoms with van der Waals surface area (Å²) in [5.74, 6) is 2.31. The van der Waals surface area contributed by atoms with E-state index in [0.29, 0.717) is 23.9 Å². The van der Waals surface area contributed by atoms with Crippen molar-refractivity contribution in [3.8, 4) is 0 Å². The van der Waals surface area contributed by atoms with Crippen LogP contribution in [0.1, 0.15) is 43.8 Å². The van der Waals surface area contributed by atoms with Crippen molar-refractivity contribution < 1.29 is 8.42 Å². The summed E-state index contributed by atoms with van der Waals surface area (Å²) in [6.45, 7) is 2.98. The smallest absolute Gasteiger partial charge is 0.244 e. The number of para-hydroxylation sites is 2. The molecule has 2 aliphatic rings. The molecular formula is C22H27N5O2S. The van der Waals surface area contributed by atoms with Crippen LogP contribution in [0.2, 0.25) is 0 Å². The lowest BCUT2D eigenvalue weighted by Gasteiger charge is -2.32. The van der Waals surface area contributed by atoms with Crippen LogP contribution in [0.5, 0.6) is 0 Å². The van der Waals surface area contributed by atoms with Gasteiger partial charge in [0.15, 0.2) is 0 Å². The zero-order valence-corrected chi connectivity index (χ0v) is 17.8. The first-order valence-electron chi connectivity index (χ1n) is 10.8. The third kappa shape index (κ3) is 3.70. The highest BCUT2D eigenvalue weighted by atomic mass is 32.2. The second kappa shape index (κ2) is 8.00. The van der Waals surface area contributed by atoms with Crippen LogP contribution in [0.15, 0.2) is 47.5 Å². The van der Waals surface area contributed by atoms with Gasteiger partial charge < -0.3 is 9.88 Å². The van der Waals surface area contributed by atoms with Crippen molar-refractivity contribution in [3.05, 3.63) is 48.4 Å². The number of H-pyrrole nitrogens is 1. The summed E-state index contributed by atoms with van der Waals surface area (Å²) in [4.78, 5) is 15.2. The number of aromatic amines is 1. The number of hydrogen-bond donors (Lipinski definition) is 1. The first-order valence-corrected chi connectivity index (χ1v) is 12.2. The third-order valence-corrected chi connectivity index (χ3v) is 8.17. The predicted octanol–water partition coefficient (Wildman–Crippen LogP) is 3.52. The Bertz CT molecular complexity index is 1080. The van der Waals surface area contributed by atoms with E-state index < -0.39 is 10.0 Å². The fourth-order valence-corrected chi connectivity index (χ4v) is 5.98. The number of anilines is 1. The van der Waals surface area contributed by atoms with Gasteiger partial charge in [-0.3, -0.25) is 0 Å². The van der Waals surface area contributed by atoms with E-state index in [1.165, 1.54) is 6.20 Å². The van der Waals surface area contributed by atoms with Gasteiger partial charge in [0.05, 0.1) is 11.0 Å². The summed E-state index contributed by atoms with van der Waals surface area (Å²) in [5.41, 5.74) is 2.10. The SMILES string of the molecule is O=S(=O)(c1ccc(N2CCC(c3nc4ccccc4[nH]3)CC2)nc1)N1CCCCC1. The number of aromatic nitrogens is 3. The quantitative estimate of drug-likeness (QED) is 0.692. The van der Waals surface area contributed by atoms with E-state index >= 15 is 0 Å². The molecule has 0 radical (unpaired) electrons. The molecule has 0 spiro atoms. The average Bonchev–Trinajstić information content (AvgIpc) is 3.24. The minimum absolute atomic E-state index is 0.297. The standard InChI is InChI=1S/C22H27N5O2S/c28-30(29,27-12-4-1-5-13-27)18-8-9-21(23-16-18)26-14-10-17(11-15-26)22-24-19-6-2-3-7-20(19)25-22/h2-3,6-9,16-17H,1,4-5,10-15H2,(H,24,25). The second-order valence-electron chi connectivity index (χ2n) is 8.22. The van der Waals surface area contributed by atoms with Crippen LogP contribution < -0.4 is 4.90 Å². The highest BCUT2D eigenvalue weighted by Crippen LogP contribution is 2.30. The lowest BCUT2D eigenvalue weighted by atomic mass is 9.96. The molecule has 0 unspecified atom stereocenters. The van der Waals surface area contributed by atoms with Gasteiger partial charge in [0.1, 0.15) is 16.5 Å². The van der Waals surface area contributed by atoms with Gasteiger partial charge in [-0.1, -0.05) is 18.6 Å². The zero-order valence-electron chi connectivity index (χ0n) is 17.0. The highest BCUT2D eigenvalue weighted by molar-refractivity contribution is 7.89. The summed E-state index contributed by atoms with van der Waals surface area (Å²) in [6, 6.07) is 11.7. The molecule has 0 amide bonds. The van der Waals surface area contributed by atoms with Gasteiger partial charge in [0.2, 0.25) is 10.0 Å². The molecule has 0 bridgehead atoms.